The number of phenols is 1. The second kappa shape index (κ2) is 7.95. The first kappa shape index (κ1) is 17.8. The molecule has 1 heterocycles. The van der Waals surface area contributed by atoms with Gasteiger partial charge in [-0.1, -0.05) is 36.4 Å². The number of hydrazone groups is 1. The number of benzene rings is 2. The molecule has 8 nitrogen and oxygen atoms in total. The van der Waals surface area contributed by atoms with E-state index in [1.54, 1.807) is 36.4 Å². The van der Waals surface area contributed by atoms with Gasteiger partial charge in [0, 0.05) is 11.1 Å². The fraction of sp³-hybridized carbons (Fsp3) is 0.0526. The lowest BCUT2D eigenvalue weighted by atomic mass is 10.1. The Bertz CT molecular complexity index is 1080. The molecular formula is C19H15N5O3. The Kier molecular flexibility index (Phi) is 5.25. The average molecular weight is 361 g/mol. The molecule has 2 aromatic carbocycles. The minimum atomic E-state index is -0.589. The first-order chi connectivity index (χ1) is 13.1. The molecule has 3 rings (SSSR count). The van der Waals surface area contributed by atoms with Gasteiger partial charge in [-0.15, -0.1) is 0 Å². The molecule has 0 bridgehead atoms. The Labute approximate surface area is 154 Å². The zero-order valence-corrected chi connectivity index (χ0v) is 14.0. The van der Waals surface area contributed by atoms with Crippen molar-refractivity contribution in [3.63, 3.8) is 0 Å². The summed E-state index contributed by atoms with van der Waals surface area (Å²) in [5.41, 5.74) is 3.76. The SMILES string of the molecule is N#Cc1c(-c2ccccc2)nc(NN=Cc2cc(CO)ccc2O)[nH]c1=O. The number of aromatic amines is 1. The van der Waals surface area contributed by atoms with Crippen molar-refractivity contribution in [3.8, 4) is 23.1 Å². The molecule has 0 saturated carbocycles. The van der Waals surface area contributed by atoms with E-state index >= 15 is 0 Å². The molecule has 27 heavy (non-hydrogen) atoms. The number of hydrogen-bond acceptors (Lipinski definition) is 7. The third kappa shape index (κ3) is 4.00. The molecule has 0 amide bonds. The van der Waals surface area contributed by atoms with Crippen molar-refractivity contribution in [2.24, 2.45) is 5.10 Å². The van der Waals surface area contributed by atoms with E-state index in [0.29, 0.717) is 16.7 Å². The molecule has 4 N–H and O–H groups in total. The molecule has 8 heteroatoms. The highest BCUT2D eigenvalue weighted by Crippen LogP contribution is 2.20. The molecular weight excluding hydrogens is 346 g/mol. The maximum absolute atomic E-state index is 12.2. The van der Waals surface area contributed by atoms with Crippen molar-refractivity contribution in [3.05, 3.63) is 75.6 Å². The number of nitrogens with one attached hydrogen (secondary N) is 2. The standard InChI is InChI=1S/C19H15N5O3/c20-9-15-17(13-4-2-1-3-5-13)22-19(23-18(15)27)24-21-10-14-8-12(11-25)6-7-16(14)26/h1-8,10,25-26H,11H2,(H2,22,23,24,27). The summed E-state index contributed by atoms with van der Waals surface area (Å²) in [6.07, 6.45) is 1.33. The van der Waals surface area contributed by atoms with Gasteiger partial charge in [-0.05, 0) is 17.7 Å². The maximum Gasteiger partial charge on any atom is 0.270 e. The van der Waals surface area contributed by atoms with Gasteiger partial charge in [0.05, 0.1) is 18.5 Å². The fourth-order valence-corrected chi connectivity index (χ4v) is 2.40. The molecule has 0 aliphatic heterocycles. The third-order valence-electron chi connectivity index (χ3n) is 3.73. The van der Waals surface area contributed by atoms with Gasteiger partial charge in [0.2, 0.25) is 5.95 Å². The maximum atomic E-state index is 12.2. The van der Waals surface area contributed by atoms with Gasteiger partial charge in [-0.3, -0.25) is 9.78 Å². The Morgan fingerprint density at radius 1 is 1.26 bits per heavy atom. The van der Waals surface area contributed by atoms with Crippen LogP contribution in [0.2, 0.25) is 0 Å². The first-order valence-corrected chi connectivity index (χ1v) is 7.94. The van der Waals surface area contributed by atoms with Gasteiger partial charge in [-0.2, -0.15) is 10.4 Å². The average Bonchev–Trinajstić information content (AvgIpc) is 2.69. The van der Waals surface area contributed by atoms with E-state index in [4.69, 9.17) is 5.11 Å². The lowest BCUT2D eigenvalue weighted by molar-refractivity contribution is 0.281. The highest BCUT2D eigenvalue weighted by Gasteiger charge is 2.12. The van der Waals surface area contributed by atoms with E-state index in [0.717, 1.165) is 0 Å². The van der Waals surface area contributed by atoms with Crippen LogP contribution >= 0.6 is 0 Å². The lowest BCUT2D eigenvalue weighted by Gasteiger charge is -2.06. The number of hydrogen-bond donors (Lipinski definition) is 4. The monoisotopic (exact) mass is 361 g/mol. The highest BCUT2D eigenvalue weighted by molar-refractivity contribution is 5.84. The number of rotatable bonds is 5. The van der Waals surface area contributed by atoms with E-state index in [1.807, 2.05) is 12.1 Å². The molecule has 0 radical (unpaired) electrons. The summed E-state index contributed by atoms with van der Waals surface area (Å²) < 4.78 is 0. The Morgan fingerprint density at radius 2 is 2.04 bits per heavy atom. The van der Waals surface area contributed by atoms with Crippen molar-refractivity contribution in [2.75, 3.05) is 5.43 Å². The van der Waals surface area contributed by atoms with E-state index in [-0.39, 0.29) is 29.6 Å². The topological polar surface area (TPSA) is 134 Å². The molecule has 0 atom stereocenters. The van der Waals surface area contributed by atoms with Gasteiger partial charge in [0.25, 0.3) is 5.56 Å². The van der Waals surface area contributed by atoms with E-state index in [1.165, 1.54) is 12.3 Å². The smallest absolute Gasteiger partial charge is 0.270 e. The van der Waals surface area contributed by atoms with Crippen LogP contribution in [-0.2, 0) is 6.61 Å². The predicted octanol–water partition coefficient (Wildman–Crippen LogP) is 1.95. The molecule has 0 aliphatic carbocycles. The molecule has 1 aromatic heterocycles. The van der Waals surface area contributed by atoms with Crippen molar-refractivity contribution < 1.29 is 10.2 Å². The number of aliphatic hydroxyl groups excluding tert-OH is 1. The van der Waals surface area contributed by atoms with Crippen LogP contribution in [0.5, 0.6) is 5.75 Å². The van der Waals surface area contributed by atoms with E-state index < -0.39 is 5.56 Å². The molecule has 0 spiro atoms. The van der Waals surface area contributed by atoms with Gasteiger partial charge in [0.15, 0.2) is 0 Å². The van der Waals surface area contributed by atoms with Crippen LogP contribution in [0, 0.1) is 11.3 Å². The largest absolute Gasteiger partial charge is 0.507 e. The lowest BCUT2D eigenvalue weighted by Crippen LogP contribution is -2.16. The van der Waals surface area contributed by atoms with Crippen LogP contribution in [-0.4, -0.2) is 26.4 Å². The van der Waals surface area contributed by atoms with Gasteiger partial charge in [0.1, 0.15) is 17.4 Å². The molecule has 134 valence electrons. The van der Waals surface area contributed by atoms with E-state index in [2.05, 4.69) is 20.5 Å². The first-order valence-electron chi connectivity index (χ1n) is 7.94. The molecule has 3 aromatic rings. The summed E-state index contributed by atoms with van der Waals surface area (Å²) in [6, 6.07) is 15.3. The van der Waals surface area contributed by atoms with Crippen LogP contribution in [0.1, 0.15) is 16.7 Å². The Morgan fingerprint density at radius 3 is 2.74 bits per heavy atom. The highest BCUT2D eigenvalue weighted by atomic mass is 16.3. The molecule has 0 aliphatic rings. The van der Waals surface area contributed by atoms with Crippen molar-refractivity contribution >= 4 is 12.2 Å². The summed E-state index contributed by atoms with van der Waals surface area (Å²) >= 11 is 0. The number of aliphatic hydroxyl groups is 1. The number of aromatic hydroxyl groups is 1. The molecule has 0 unspecified atom stereocenters. The Balaban J connectivity index is 1.91. The minimum Gasteiger partial charge on any atom is -0.507 e. The summed E-state index contributed by atoms with van der Waals surface area (Å²) in [7, 11) is 0. The van der Waals surface area contributed by atoms with Crippen LogP contribution < -0.4 is 11.0 Å². The minimum absolute atomic E-state index is 0.0102. The summed E-state index contributed by atoms with van der Waals surface area (Å²) in [6.45, 7) is -0.167. The summed E-state index contributed by atoms with van der Waals surface area (Å²) in [5.74, 6) is 0.0379. The van der Waals surface area contributed by atoms with Gasteiger partial charge < -0.3 is 10.2 Å². The number of nitrogens with zero attached hydrogens (tertiary/aromatic N) is 3. The van der Waals surface area contributed by atoms with Crippen molar-refractivity contribution in [1.29, 1.82) is 5.26 Å². The van der Waals surface area contributed by atoms with Crippen LogP contribution in [0.15, 0.2) is 58.4 Å². The number of anilines is 1. The van der Waals surface area contributed by atoms with Crippen molar-refractivity contribution in [1.82, 2.24) is 9.97 Å². The second-order valence-corrected chi connectivity index (χ2v) is 5.54. The van der Waals surface area contributed by atoms with Crippen LogP contribution in [0.4, 0.5) is 5.95 Å². The number of aromatic nitrogens is 2. The zero-order valence-electron chi connectivity index (χ0n) is 14.0. The quantitative estimate of drug-likeness (QED) is 0.405. The van der Waals surface area contributed by atoms with Crippen molar-refractivity contribution in [2.45, 2.75) is 6.61 Å². The predicted molar refractivity (Wildman–Crippen MR) is 100 cm³/mol. The van der Waals surface area contributed by atoms with E-state index in [9.17, 15) is 15.2 Å². The Hall–Kier alpha value is -3.96. The number of phenolic OH excluding ortho intramolecular Hbond substituents is 1. The number of H-pyrrole nitrogens is 1. The van der Waals surface area contributed by atoms with Crippen LogP contribution in [0.3, 0.4) is 0 Å². The summed E-state index contributed by atoms with van der Waals surface area (Å²) in [5, 5.41) is 32.2. The summed E-state index contributed by atoms with van der Waals surface area (Å²) in [4.78, 5) is 18.9. The van der Waals surface area contributed by atoms with Crippen LogP contribution in [0.25, 0.3) is 11.3 Å². The number of nitriles is 1. The van der Waals surface area contributed by atoms with Gasteiger partial charge in [-0.25, -0.2) is 10.4 Å². The fourth-order valence-electron chi connectivity index (χ4n) is 2.40. The molecule has 0 fully saturated rings. The normalized spacial score (nSPS) is 10.7. The van der Waals surface area contributed by atoms with Gasteiger partial charge >= 0.3 is 0 Å². The second-order valence-electron chi connectivity index (χ2n) is 5.54. The molecule has 0 saturated heterocycles. The zero-order chi connectivity index (χ0) is 19.2. The third-order valence-corrected chi connectivity index (χ3v) is 3.73.